The summed E-state index contributed by atoms with van der Waals surface area (Å²) in [7, 11) is 0. The maximum Gasteiger partial charge on any atom is 0.323 e. The minimum absolute atomic E-state index is 0.112. The summed E-state index contributed by atoms with van der Waals surface area (Å²) < 4.78 is 5.23. The summed E-state index contributed by atoms with van der Waals surface area (Å²) in [5.74, 6) is -1.09. The van der Waals surface area contributed by atoms with Crippen molar-refractivity contribution in [3.63, 3.8) is 0 Å². The molecule has 2 heterocycles. The molecule has 0 radical (unpaired) electrons. The highest BCUT2D eigenvalue weighted by Crippen LogP contribution is 2.22. The molecule has 1 unspecified atom stereocenters. The van der Waals surface area contributed by atoms with Crippen molar-refractivity contribution in [3.8, 4) is 0 Å². The molecule has 0 bridgehead atoms. The lowest BCUT2D eigenvalue weighted by molar-refractivity contribution is -0.146. The van der Waals surface area contributed by atoms with Crippen LogP contribution in [-0.2, 0) is 20.9 Å². The number of nitrogens with zero attached hydrogens (tertiary/aromatic N) is 2. The van der Waals surface area contributed by atoms with E-state index in [0.29, 0.717) is 25.4 Å². The number of hydrogen-bond acceptors (Lipinski definition) is 4. The van der Waals surface area contributed by atoms with Gasteiger partial charge in [-0.15, -0.1) is 0 Å². The minimum atomic E-state index is -1.05. The van der Waals surface area contributed by atoms with Crippen LogP contribution in [0.4, 0.5) is 0 Å². The van der Waals surface area contributed by atoms with Crippen LogP contribution in [0.15, 0.2) is 22.8 Å². The van der Waals surface area contributed by atoms with E-state index in [-0.39, 0.29) is 30.7 Å². The molecule has 0 saturated carbocycles. The highest BCUT2D eigenvalue weighted by molar-refractivity contribution is 5.90. The number of hydrogen-bond donors (Lipinski definition) is 1. The Kier molecular flexibility index (Phi) is 5.41. The van der Waals surface area contributed by atoms with Gasteiger partial charge in [-0.25, -0.2) is 0 Å². The van der Waals surface area contributed by atoms with Crippen LogP contribution >= 0.6 is 0 Å². The summed E-state index contributed by atoms with van der Waals surface area (Å²) in [6.07, 6.45) is 1.66. The molecule has 126 valence electrons. The number of carbonyl (C=O) groups is 3. The van der Waals surface area contributed by atoms with Crippen molar-refractivity contribution in [1.82, 2.24) is 9.80 Å². The van der Waals surface area contributed by atoms with E-state index in [1.807, 2.05) is 13.8 Å². The maximum absolute atomic E-state index is 12.6. The van der Waals surface area contributed by atoms with Gasteiger partial charge in [0.2, 0.25) is 11.8 Å². The van der Waals surface area contributed by atoms with E-state index in [1.165, 1.54) is 11.2 Å². The fourth-order valence-corrected chi connectivity index (χ4v) is 2.78. The van der Waals surface area contributed by atoms with Gasteiger partial charge >= 0.3 is 5.97 Å². The summed E-state index contributed by atoms with van der Waals surface area (Å²) in [5, 5.41) is 8.98. The molecule has 0 spiro atoms. The Morgan fingerprint density at radius 3 is 2.78 bits per heavy atom. The average Bonchev–Trinajstić information content (AvgIpc) is 3.07. The van der Waals surface area contributed by atoms with Gasteiger partial charge in [0.1, 0.15) is 12.3 Å². The van der Waals surface area contributed by atoms with Crippen molar-refractivity contribution >= 4 is 17.8 Å². The van der Waals surface area contributed by atoms with Crippen LogP contribution in [0.3, 0.4) is 0 Å². The molecule has 1 fully saturated rings. The number of rotatable bonds is 7. The third-order valence-electron chi connectivity index (χ3n) is 3.71. The zero-order chi connectivity index (χ0) is 17.0. The minimum Gasteiger partial charge on any atom is -0.480 e. The van der Waals surface area contributed by atoms with Crippen molar-refractivity contribution in [2.75, 3.05) is 19.6 Å². The summed E-state index contributed by atoms with van der Waals surface area (Å²) in [6.45, 7) is 4.51. The van der Waals surface area contributed by atoms with Crippen LogP contribution in [0.1, 0.15) is 26.0 Å². The molecule has 1 aromatic rings. The monoisotopic (exact) mass is 322 g/mol. The standard InChI is InChI=1S/C16H22N2O5/c1-11(2)7-18(10-15(20)21)16(22)12-6-14(19)17(8-12)9-13-4-3-5-23-13/h3-5,11-12H,6-10H2,1-2H3,(H,20,21). The highest BCUT2D eigenvalue weighted by Gasteiger charge is 2.37. The zero-order valence-electron chi connectivity index (χ0n) is 13.4. The van der Waals surface area contributed by atoms with Gasteiger partial charge in [-0.05, 0) is 18.1 Å². The Morgan fingerprint density at radius 2 is 2.22 bits per heavy atom. The van der Waals surface area contributed by atoms with Gasteiger partial charge in [0.15, 0.2) is 0 Å². The van der Waals surface area contributed by atoms with E-state index in [0.717, 1.165) is 0 Å². The Labute approximate surface area is 134 Å². The van der Waals surface area contributed by atoms with E-state index < -0.39 is 11.9 Å². The molecule has 1 aliphatic rings. The van der Waals surface area contributed by atoms with Crippen LogP contribution in [-0.4, -0.2) is 52.3 Å². The second kappa shape index (κ2) is 7.30. The van der Waals surface area contributed by atoms with E-state index >= 15 is 0 Å². The number of carboxylic acids is 1. The van der Waals surface area contributed by atoms with Crippen molar-refractivity contribution in [3.05, 3.63) is 24.2 Å². The highest BCUT2D eigenvalue weighted by atomic mass is 16.4. The van der Waals surface area contributed by atoms with Gasteiger partial charge in [-0.1, -0.05) is 13.8 Å². The molecule has 2 amide bonds. The number of likely N-dealkylation sites (tertiary alicyclic amines) is 1. The first kappa shape index (κ1) is 17.1. The molecule has 7 heteroatoms. The predicted octanol–water partition coefficient (Wildman–Crippen LogP) is 1.20. The SMILES string of the molecule is CC(C)CN(CC(=O)O)C(=O)C1CC(=O)N(Cc2ccco2)C1. The van der Waals surface area contributed by atoms with E-state index in [1.54, 1.807) is 17.0 Å². The van der Waals surface area contributed by atoms with Gasteiger partial charge in [0.25, 0.3) is 0 Å². The number of carbonyl (C=O) groups excluding carboxylic acids is 2. The third kappa shape index (κ3) is 4.58. The average molecular weight is 322 g/mol. The van der Waals surface area contributed by atoms with Crippen molar-refractivity contribution in [1.29, 1.82) is 0 Å². The van der Waals surface area contributed by atoms with Crippen LogP contribution < -0.4 is 0 Å². The van der Waals surface area contributed by atoms with Crippen LogP contribution in [0.2, 0.25) is 0 Å². The van der Waals surface area contributed by atoms with Crippen molar-refractivity contribution in [2.45, 2.75) is 26.8 Å². The number of furan rings is 1. The molecule has 1 N–H and O–H groups in total. The molecule has 0 aliphatic carbocycles. The fourth-order valence-electron chi connectivity index (χ4n) is 2.78. The first-order chi connectivity index (χ1) is 10.9. The van der Waals surface area contributed by atoms with Crippen molar-refractivity contribution < 1.29 is 23.9 Å². The lowest BCUT2D eigenvalue weighted by Gasteiger charge is -2.25. The molecule has 1 saturated heterocycles. The fraction of sp³-hybridized carbons (Fsp3) is 0.562. The quantitative estimate of drug-likeness (QED) is 0.814. The second-order valence-corrected chi connectivity index (χ2v) is 6.26. The van der Waals surface area contributed by atoms with Gasteiger partial charge in [-0.2, -0.15) is 0 Å². The molecule has 1 aromatic heterocycles. The van der Waals surface area contributed by atoms with Crippen LogP contribution in [0.25, 0.3) is 0 Å². The molecule has 1 atom stereocenters. The Balaban J connectivity index is 2.00. The Hall–Kier alpha value is -2.31. The van der Waals surface area contributed by atoms with Crippen molar-refractivity contribution in [2.24, 2.45) is 11.8 Å². The topological polar surface area (TPSA) is 91.1 Å². The molecule has 7 nitrogen and oxygen atoms in total. The van der Waals surface area contributed by atoms with Gasteiger partial charge in [-0.3, -0.25) is 14.4 Å². The van der Waals surface area contributed by atoms with Crippen LogP contribution in [0.5, 0.6) is 0 Å². The molecular weight excluding hydrogens is 300 g/mol. The summed E-state index contributed by atoms with van der Waals surface area (Å²) >= 11 is 0. The van der Waals surface area contributed by atoms with E-state index in [4.69, 9.17) is 9.52 Å². The largest absolute Gasteiger partial charge is 0.480 e. The predicted molar refractivity (Wildman–Crippen MR) is 81.3 cm³/mol. The summed E-state index contributed by atoms with van der Waals surface area (Å²) in [5.41, 5.74) is 0. The number of aliphatic carboxylic acids is 1. The summed E-state index contributed by atoms with van der Waals surface area (Å²) in [4.78, 5) is 38.5. The molecule has 2 rings (SSSR count). The lowest BCUT2D eigenvalue weighted by Crippen LogP contribution is -2.42. The smallest absolute Gasteiger partial charge is 0.323 e. The first-order valence-electron chi connectivity index (χ1n) is 7.67. The zero-order valence-corrected chi connectivity index (χ0v) is 13.4. The van der Waals surface area contributed by atoms with Crippen LogP contribution in [0, 0.1) is 11.8 Å². The third-order valence-corrected chi connectivity index (χ3v) is 3.71. The Bertz CT molecular complexity index is 567. The molecule has 1 aliphatic heterocycles. The number of amides is 2. The van der Waals surface area contributed by atoms with Gasteiger partial charge in [0.05, 0.1) is 18.7 Å². The van der Waals surface area contributed by atoms with E-state index in [2.05, 4.69) is 0 Å². The molecule has 0 aromatic carbocycles. The normalized spacial score (nSPS) is 17.8. The summed E-state index contributed by atoms with van der Waals surface area (Å²) in [6, 6.07) is 3.52. The van der Waals surface area contributed by atoms with Gasteiger partial charge in [0, 0.05) is 19.5 Å². The van der Waals surface area contributed by atoms with Gasteiger partial charge < -0.3 is 19.3 Å². The maximum atomic E-state index is 12.6. The second-order valence-electron chi connectivity index (χ2n) is 6.26. The molecule has 23 heavy (non-hydrogen) atoms. The number of carboxylic acid groups (broad SMARTS) is 1. The molecular formula is C16H22N2O5. The van der Waals surface area contributed by atoms with E-state index in [9.17, 15) is 14.4 Å². The first-order valence-corrected chi connectivity index (χ1v) is 7.67. The lowest BCUT2D eigenvalue weighted by atomic mass is 10.1. The Morgan fingerprint density at radius 1 is 1.48 bits per heavy atom.